The SMILES string of the molecule is NC(=O)C[C@@H]1NC(=O)[C@H](Cc2ccccc2)NC(=O)CNC(=O)[C@H](Cc2ccccc2)NC1=O. The molecule has 2 aromatic carbocycles. The number of hydrogen-bond donors (Lipinski definition) is 5. The molecule has 34 heavy (non-hydrogen) atoms. The third-order valence-electron chi connectivity index (χ3n) is 5.31. The molecular formula is C24H27N5O5. The van der Waals surface area contributed by atoms with Crippen LogP contribution < -0.4 is 27.0 Å². The van der Waals surface area contributed by atoms with Crippen LogP contribution in [0.15, 0.2) is 60.7 Å². The molecule has 0 aliphatic carbocycles. The van der Waals surface area contributed by atoms with E-state index in [2.05, 4.69) is 21.3 Å². The van der Waals surface area contributed by atoms with Gasteiger partial charge in [-0.25, -0.2) is 0 Å². The molecule has 1 aliphatic heterocycles. The summed E-state index contributed by atoms with van der Waals surface area (Å²) in [4.78, 5) is 62.9. The fourth-order valence-corrected chi connectivity index (χ4v) is 3.61. The molecule has 3 rings (SSSR count). The second-order valence-electron chi connectivity index (χ2n) is 8.01. The lowest BCUT2D eigenvalue weighted by Gasteiger charge is -2.26. The first-order valence-corrected chi connectivity index (χ1v) is 10.9. The van der Waals surface area contributed by atoms with Crippen LogP contribution in [0.25, 0.3) is 0 Å². The summed E-state index contributed by atoms with van der Waals surface area (Å²) in [6, 6.07) is 14.6. The molecule has 178 valence electrons. The quantitative estimate of drug-likeness (QED) is 0.367. The summed E-state index contributed by atoms with van der Waals surface area (Å²) < 4.78 is 0. The number of rotatable bonds is 6. The molecule has 0 aromatic heterocycles. The second kappa shape index (κ2) is 11.6. The number of carbonyl (C=O) groups excluding carboxylic acids is 5. The Hall–Kier alpha value is -4.21. The van der Waals surface area contributed by atoms with Gasteiger partial charge < -0.3 is 27.0 Å². The van der Waals surface area contributed by atoms with Crippen LogP contribution in [0.1, 0.15) is 17.5 Å². The molecule has 0 unspecified atom stereocenters. The summed E-state index contributed by atoms with van der Waals surface area (Å²) in [5.74, 6) is -3.32. The Labute approximate surface area is 196 Å². The summed E-state index contributed by atoms with van der Waals surface area (Å²) in [5.41, 5.74) is 6.85. The van der Waals surface area contributed by atoms with E-state index < -0.39 is 54.1 Å². The van der Waals surface area contributed by atoms with E-state index >= 15 is 0 Å². The van der Waals surface area contributed by atoms with Crippen molar-refractivity contribution in [3.05, 3.63) is 71.8 Å². The molecule has 5 amide bonds. The van der Waals surface area contributed by atoms with E-state index in [4.69, 9.17) is 5.73 Å². The van der Waals surface area contributed by atoms with Gasteiger partial charge >= 0.3 is 0 Å². The maximum Gasteiger partial charge on any atom is 0.243 e. The minimum absolute atomic E-state index is 0.147. The van der Waals surface area contributed by atoms with Gasteiger partial charge in [0.1, 0.15) is 18.1 Å². The normalized spacial score (nSPS) is 21.7. The third-order valence-corrected chi connectivity index (χ3v) is 5.31. The molecule has 0 saturated carbocycles. The standard InChI is InChI=1S/C24H27N5O5/c25-20(30)13-19-24(34)28-17(11-15-7-3-1-4-8-15)22(32)26-14-21(31)27-18(23(33)29-19)12-16-9-5-2-6-10-16/h1-10,17-19H,11-14H2,(H2,25,30)(H,26,32)(H,27,31)(H,28,34)(H,29,33)/t17-,18-,19-/m0/s1. The number of nitrogens with two attached hydrogens (primary N) is 1. The van der Waals surface area contributed by atoms with Crippen molar-refractivity contribution in [3.63, 3.8) is 0 Å². The van der Waals surface area contributed by atoms with Crippen LogP contribution in [-0.2, 0) is 36.8 Å². The molecule has 1 saturated heterocycles. The van der Waals surface area contributed by atoms with Crippen LogP contribution in [0.2, 0.25) is 0 Å². The Morgan fingerprint density at radius 1 is 0.706 bits per heavy atom. The van der Waals surface area contributed by atoms with Gasteiger partial charge in [-0.3, -0.25) is 24.0 Å². The summed E-state index contributed by atoms with van der Waals surface area (Å²) in [7, 11) is 0. The number of benzene rings is 2. The molecule has 0 spiro atoms. The summed E-state index contributed by atoms with van der Waals surface area (Å²) in [6.07, 6.45) is -0.176. The van der Waals surface area contributed by atoms with Crippen molar-refractivity contribution < 1.29 is 24.0 Å². The van der Waals surface area contributed by atoms with E-state index in [1.165, 1.54) is 0 Å². The maximum absolute atomic E-state index is 13.0. The van der Waals surface area contributed by atoms with Gasteiger partial charge in [0.2, 0.25) is 29.5 Å². The largest absolute Gasteiger partial charge is 0.370 e. The zero-order valence-corrected chi connectivity index (χ0v) is 18.5. The van der Waals surface area contributed by atoms with E-state index in [0.717, 1.165) is 11.1 Å². The lowest BCUT2D eigenvalue weighted by Crippen LogP contribution is -2.60. The molecule has 10 heteroatoms. The highest BCUT2D eigenvalue weighted by atomic mass is 16.2. The summed E-state index contributed by atoms with van der Waals surface area (Å²) in [5, 5.41) is 10.2. The first-order valence-electron chi connectivity index (χ1n) is 10.9. The van der Waals surface area contributed by atoms with Crippen LogP contribution in [0.3, 0.4) is 0 Å². The molecule has 10 nitrogen and oxygen atoms in total. The van der Waals surface area contributed by atoms with Crippen molar-refractivity contribution >= 4 is 29.5 Å². The zero-order chi connectivity index (χ0) is 24.5. The fourth-order valence-electron chi connectivity index (χ4n) is 3.61. The second-order valence-corrected chi connectivity index (χ2v) is 8.01. The highest BCUT2D eigenvalue weighted by Crippen LogP contribution is 2.07. The first kappa shape index (κ1) is 24.4. The molecule has 1 aliphatic rings. The lowest BCUT2D eigenvalue weighted by atomic mass is 10.0. The molecular weight excluding hydrogens is 438 g/mol. The average molecular weight is 466 g/mol. The van der Waals surface area contributed by atoms with E-state index in [1.54, 1.807) is 48.5 Å². The Morgan fingerprint density at radius 2 is 1.18 bits per heavy atom. The summed E-state index contributed by atoms with van der Waals surface area (Å²) >= 11 is 0. The first-order chi connectivity index (χ1) is 16.3. The molecule has 0 radical (unpaired) electrons. The van der Waals surface area contributed by atoms with Gasteiger partial charge in [-0.1, -0.05) is 60.7 Å². The molecule has 1 fully saturated rings. The van der Waals surface area contributed by atoms with Crippen molar-refractivity contribution in [1.82, 2.24) is 21.3 Å². The number of primary amides is 1. The van der Waals surface area contributed by atoms with E-state index in [-0.39, 0.29) is 19.4 Å². The lowest BCUT2D eigenvalue weighted by molar-refractivity contribution is -0.136. The molecule has 2 aromatic rings. The molecule has 0 bridgehead atoms. The fraction of sp³-hybridized carbons (Fsp3) is 0.292. The van der Waals surface area contributed by atoms with Crippen molar-refractivity contribution in [3.8, 4) is 0 Å². The molecule has 3 atom stereocenters. The Kier molecular flexibility index (Phi) is 8.33. The topological polar surface area (TPSA) is 159 Å². The molecule has 6 N–H and O–H groups in total. The third kappa shape index (κ3) is 7.16. The van der Waals surface area contributed by atoms with Gasteiger partial charge in [0.05, 0.1) is 13.0 Å². The van der Waals surface area contributed by atoms with Crippen LogP contribution in [0.4, 0.5) is 0 Å². The predicted octanol–water partition coefficient (Wildman–Crippen LogP) is -1.07. The van der Waals surface area contributed by atoms with Gasteiger partial charge in [-0.15, -0.1) is 0 Å². The van der Waals surface area contributed by atoms with Gasteiger partial charge in [-0.2, -0.15) is 0 Å². The van der Waals surface area contributed by atoms with Gasteiger partial charge in [0.15, 0.2) is 0 Å². The van der Waals surface area contributed by atoms with Crippen molar-refractivity contribution in [2.24, 2.45) is 5.73 Å². The monoisotopic (exact) mass is 465 g/mol. The maximum atomic E-state index is 13.0. The van der Waals surface area contributed by atoms with Gasteiger partial charge in [-0.05, 0) is 11.1 Å². The van der Waals surface area contributed by atoms with Crippen LogP contribution in [0, 0.1) is 0 Å². The van der Waals surface area contributed by atoms with Crippen molar-refractivity contribution in [2.45, 2.75) is 37.4 Å². The van der Waals surface area contributed by atoms with Crippen molar-refractivity contribution in [2.75, 3.05) is 6.54 Å². The van der Waals surface area contributed by atoms with E-state index in [0.29, 0.717) is 0 Å². The smallest absolute Gasteiger partial charge is 0.243 e. The Morgan fingerprint density at radius 3 is 1.71 bits per heavy atom. The van der Waals surface area contributed by atoms with Gasteiger partial charge in [0, 0.05) is 12.8 Å². The van der Waals surface area contributed by atoms with E-state index in [1.807, 2.05) is 12.1 Å². The Balaban J connectivity index is 1.85. The van der Waals surface area contributed by atoms with Gasteiger partial charge in [0.25, 0.3) is 0 Å². The number of nitrogens with one attached hydrogen (secondary N) is 4. The summed E-state index contributed by atoms with van der Waals surface area (Å²) in [6.45, 7) is -0.372. The number of hydrogen-bond acceptors (Lipinski definition) is 5. The van der Waals surface area contributed by atoms with Crippen molar-refractivity contribution in [1.29, 1.82) is 0 Å². The number of amides is 5. The zero-order valence-electron chi connectivity index (χ0n) is 18.5. The highest BCUT2D eigenvalue weighted by molar-refractivity contribution is 5.98. The predicted molar refractivity (Wildman–Crippen MR) is 123 cm³/mol. The van der Waals surface area contributed by atoms with Crippen LogP contribution >= 0.6 is 0 Å². The van der Waals surface area contributed by atoms with Crippen LogP contribution in [0.5, 0.6) is 0 Å². The Bertz CT molecular complexity index is 1000. The number of carbonyl (C=O) groups is 5. The van der Waals surface area contributed by atoms with Crippen LogP contribution in [-0.4, -0.2) is 54.2 Å². The minimum atomic E-state index is -1.31. The van der Waals surface area contributed by atoms with E-state index in [9.17, 15) is 24.0 Å². The minimum Gasteiger partial charge on any atom is -0.370 e. The molecule has 1 heterocycles. The average Bonchev–Trinajstić information content (AvgIpc) is 2.81. The highest BCUT2D eigenvalue weighted by Gasteiger charge is 2.32.